The standard InChI is InChI=1S/C22H23NO/c23-14-17-3-7-19(8-4-17)21-11-9-20(10-12-21)18-5-1-16(2-6-18)13-22-15-24-22/h3-4,7-12,16,18,22H,1-2,5-6,13,15H2. The summed E-state index contributed by atoms with van der Waals surface area (Å²) in [4.78, 5) is 0. The van der Waals surface area contributed by atoms with Crippen molar-refractivity contribution in [1.82, 2.24) is 0 Å². The number of nitriles is 1. The maximum absolute atomic E-state index is 8.89. The number of ether oxygens (including phenoxy) is 1. The smallest absolute Gasteiger partial charge is 0.0991 e. The first kappa shape index (κ1) is 15.4. The Hall–Kier alpha value is -2.11. The van der Waals surface area contributed by atoms with E-state index in [0.717, 1.165) is 18.4 Å². The van der Waals surface area contributed by atoms with E-state index in [9.17, 15) is 0 Å². The summed E-state index contributed by atoms with van der Waals surface area (Å²) < 4.78 is 5.37. The van der Waals surface area contributed by atoms with Gasteiger partial charge in [-0.1, -0.05) is 36.4 Å². The van der Waals surface area contributed by atoms with E-state index in [1.807, 2.05) is 24.3 Å². The van der Waals surface area contributed by atoms with Gasteiger partial charge in [-0.25, -0.2) is 0 Å². The molecule has 4 rings (SSSR count). The Kier molecular flexibility index (Phi) is 4.36. The Morgan fingerprint density at radius 1 is 0.875 bits per heavy atom. The van der Waals surface area contributed by atoms with Crippen LogP contribution in [-0.2, 0) is 4.74 Å². The van der Waals surface area contributed by atoms with E-state index < -0.39 is 0 Å². The highest BCUT2D eigenvalue weighted by Gasteiger charge is 2.29. The first-order valence-electron chi connectivity index (χ1n) is 9.04. The molecule has 1 atom stereocenters. The zero-order valence-corrected chi connectivity index (χ0v) is 13.9. The normalized spacial score (nSPS) is 25.9. The fraction of sp³-hybridized carbons (Fsp3) is 0.409. The maximum Gasteiger partial charge on any atom is 0.0991 e. The lowest BCUT2D eigenvalue weighted by Crippen LogP contribution is -2.14. The highest BCUT2D eigenvalue weighted by Crippen LogP contribution is 2.39. The summed E-state index contributed by atoms with van der Waals surface area (Å²) in [6.45, 7) is 0.997. The fourth-order valence-electron chi connectivity index (χ4n) is 3.99. The summed E-state index contributed by atoms with van der Waals surface area (Å²) in [7, 11) is 0. The van der Waals surface area contributed by atoms with Gasteiger partial charge in [-0.2, -0.15) is 5.26 Å². The Labute approximate surface area is 144 Å². The van der Waals surface area contributed by atoms with E-state index in [1.165, 1.54) is 48.8 Å². The number of benzene rings is 2. The maximum atomic E-state index is 8.89. The zero-order chi connectivity index (χ0) is 16.4. The third kappa shape index (κ3) is 3.52. The molecule has 0 aromatic heterocycles. The molecule has 1 aliphatic carbocycles. The number of epoxide rings is 1. The second kappa shape index (κ2) is 6.79. The first-order valence-corrected chi connectivity index (χ1v) is 9.04. The molecule has 1 saturated heterocycles. The van der Waals surface area contributed by atoms with Gasteiger partial charge in [-0.05, 0) is 72.8 Å². The minimum atomic E-state index is 0.582. The van der Waals surface area contributed by atoms with Crippen molar-refractivity contribution < 1.29 is 4.74 Å². The van der Waals surface area contributed by atoms with Crippen LogP contribution in [0.15, 0.2) is 48.5 Å². The van der Waals surface area contributed by atoms with Crippen molar-refractivity contribution >= 4 is 0 Å². The zero-order valence-electron chi connectivity index (χ0n) is 13.9. The van der Waals surface area contributed by atoms with Gasteiger partial charge in [0.15, 0.2) is 0 Å². The number of hydrogen-bond acceptors (Lipinski definition) is 2. The van der Waals surface area contributed by atoms with Crippen molar-refractivity contribution in [3.8, 4) is 17.2 Å². The van der Waals surface area contributed by atoms with Gasteiger partial charge < -0.3 is 4.74 Å². The summed E-state index contributed by atoms with van der Waals surface area (Å²) in [6, 6.07) is 19.0. The average molecular weight is 317 g/mol. The Bertz CT molecular complexity index is 714. The second-order valence-corrected chi connectivity index (χ2v) is 7.22. The van der Waals surface area contributed by atoms with Crippen LogP contribution in [-0.4, -0.2) is 12.7 Å². The van der Waals surface area contributed by atoms with E-state index in [2.05, 4.69) is 30.3 Å². The molecular weight excluding hydrogens is 294 g/mol. The lowest BCUT2D eigenvalue weighted by atomic mass is 9.77. The van der Waals surface area contributed by atoms with Crippen LogP contribution in [0.3, 0.4) is 0 Å². The molecule has 2 aromatic carbocycles. The summed E-state index contributed by atoms with van der Waals surface area (Å²) in [5.41, 5.74) is 4.59. The van der Waals surface area contributed by atoms with Crippen LogP contribution < -0.4 is 0 Å². The molecule has 2 aliphatic rings. The van der Waals surface area contributed by atoms with Crippen LogP contribution in [0.2, 0.25) is 0 Å². The van der Waals surface area contributed by atoms with E-state index >= 15 is 0 Å². The largest absolute Gasteiger partial charge is 0.373 e. The molecule has 24 heavy (non-hydrogen) atoms. The van der Waals surface area contributed by atoms with Gasteiger partial charge in [0, 0.05) is 0 Å². The van der Waals surface area contributed by atoms with E-state index in [1.54, 1.807) is 0 Å². The van der Waals surface area contributed by atoms with Gasteiger partial charge in [0.1, 0.15) is 0 Å². The lowest BCUT2D eigenvalue weighted by molar-refractivity contribution is 0.276. The Morgan fingerprint density at radius 3 is 2.00 bits per heavy atom. The van der Waals surface area contributed by atoms with Crippen molar-refractivity contribution in [2.24, 2.45) is 5.92 Å². The van der Waals surface area contributed by atoms with Crippen molar-refractivity contribution in [2.45, 2.75) is 44.1 Å². The minimum absolute atomic E-state index is 0.582. The Morgan fingerprint density at radius 2 is 1.46 bits per heavy atom. The monoisotopic (exact) mass is 317 g/mol. The highest BCUT2D eigenvalue weighted by molar-refractivity contribution is 5.64. The average Bonchev–Trinajstić information content (AvgIpc) is 3.47. The van der Waals surface area contributed by atoms with Gasteiger partial charge in [0.2, 0.25) is 0 Å². The van der Waals surface area contributed by atoms with Gasteiger partial charge in [0.25, 0.3) is 0 Å². The van der Waals surface area contributed by atoms with Gasteiger partial charge >= 0.3 is 0 Å². The van der Waals surface area contributed by atoms with Crippen LogP contribution in [0.25, 0.3) is 11.1 Å². The third-order valence-corrected chi connectivity index (χ3v) is 5.57. The first-order chi connectivity index (χ1) is 11.8. The van der Waals surface area contributed by atoms with Crippen LogP contribution >= 0.6 is 0 Å². The van der Waals surface area contributed by atoms with Gasteiger partial charge in [-0.15, -0.1) is 0 Å². The summed E-state index contributed by atoms with van der Waals surface area (Å²) in [5.74, 6) is 1.60. The molecule has 2 heteroatoms. The third-order valence-electron chi connectivity index (χ3n) is 5.57. The topological polar surface area (TPSA) is 36.3 Å². The number of nitrogens with zero attached hydrogens (tertiary/aromatic N) is 1. The molecule has 1 heterocycles. The molecule has 0 N–H and O–H groups in total. The molecule has 0 bridgehead atoms. The Balaban J connectivity index is 1.39. The van der Waals surface area contributed by atoms with E-state index in [4.69, 9.17) is 10.00 Å². The van der Waals surface area contributed by atoms with E-state index in [0.29, 0.717) is 11.7 Å². The summed E-state index contributed by atoms with van der Waals surface area (Å²) >= 11 is 0. The molecule has 2 nitrogen and oxygen atoms in total. The predicted octanol–water partition coefficient (Wildman–Crippen LogP) is 5.29. The van der Waals surface area contributed by atoms with Crippen molar-refractivity contribution in [3.05, 3.63) is 59.7 Å². The summed E-state index contributed by atoms with van der Waals surface area (Å²) in [5, 5.41) is 8.89. The molecule has 1 unspecified atom stereocenters. The van der Waals surface area contributed by atoms with Gasteiger partial charge in [0.05, 0.1) is 24.3 Å². The fourth-order valence-corrected chi connectivity index (χ4v) is 3.99. The lowest BCUT2D eigenvalue weighted by Gasteiger charge is -2.28. The van der Waals surface area contributed by atoms with Crippen LogP contribution in [0.5, 0.6) is 0 Å². The quantitative estimate of drug-likeness (QED) is 0.718. The molecular formula is C22H23NO. The molecule has 0 radical (unpaired) electrons. The number of hydrogen-bond donors (Lipinski definition) is 0. The molecule has 0 amide bonds. The molecule has 1 saturated carbocycles. The highest BCUT2D eigenvalue weighted by atomic mass is 16.6. The second-order valence-electron chi connectivity index (χ2n) is 7.22. The molecule has 0 spiro atoms. The van der Waals surface area contributed by atoms with Crippen LogP contribution in [0.1, 0.15) is 49.1 Å². The SMILES string of the molecule is N#Cc1ccc(-c2ccc(C3CCC(CC4CO4)CC3)cc2)cc1. The van der Waals surface area contributed by atoms with E-state index in [-0.39, 0.29) is 0 Å². The van der Waals surface area contributed by atoms with Crippen molar-refractivity contribution in [1.29, 1.82) is 5.26 Å². The summed E-state index contributed by atoms with van der Waals surface area (Å²) in [6.07, 6.45) is 7.19. The molecule has 1 aliphatic heterocycles. The predicted molar refractivity (Wildman–Crippen MR) is 95.6 cm³/mol. The molecule has 122 valence electrons. The number of rotatable bonds is 4. The van der Waals surface area contributed by atoms with Gasteiger partial charge in [-0.3, -0.25) is 0 Å². The molecule has 2 aromatic rings. The van der Waals surface area contributed by atoms with Crippen molar-refractivity contribution in [2.75, 3.05) is 6.61 Å². The van der Waals surface area contributed by atoms with Crippen LogP contribution in [0, 0.1) is 17.2 Å². The minimum Gasteiger partial charge on any atom is -0.373 e. The van der Waals surface area contributed by atoms with Crippen LogP contribution in [0.4, 0.5) is 0 Å². The van der Waals surface area contributed by atoms with Crippen molar-refractivity contribution in [3.63, 3.8) is 0 Å². The molecule has 2 fully saturated rings.